The molecular formula is C7H6O3. The van der Waals surface area contributed by atoms with Crippen LogP contribution < -0.4 is 0 Å². The third-order valence-electron chi connectivity index (χ3n) is 0.820. The van der Waals surface area contributed by atoms with Crippen molar-refractivity contribution in [3.8, 4) is 24.1 Å². The molecule has 1 rings (SSSR count). The van der Waals surface area contributed by atoms with Crippen molar-refractivity contribution in [3.05, 3.63) is 0 Å². The summed E-state index contributed by atoms with van der Waals surface area (Å²) < 4.78 is 14.1. The topological polar surface area (TPSA) is 27.7 Å². The lowest BCUT2D eigenvalue weighted by Gasteiger charge is -2.20. The Bertz CT molecular complexity index is 208. The SMILES string of the molecule is CC#COC#CC1OCO1. The van der Waals surface area contributed by atoms with Crippen molar-refractivity contribution in [2.24, 2.45) is 0 Å². The summed E-state index contributed by atoms with van der Waals surface area (Å²) in [7, 11) is 0. The molecule has 52 valence electrons. The molecule has 1 heterocycles. The Morgan fingerprint density at radius 1 is 1.40 bits per heavy atom. The second-order valence-electron chi connectivity index (χ2n) is 1.48. The Morgan fingerprint density at radius 3 is 2.70 bits per heavy atom. The van der Waals surface area contributed by atoms with Gasteiger partial charge < -0.3 is 14.2 Å². The van der Waals surface area contributed by atoms with Gasteiger partial charge in [0.25, 0.3) is 0 Å². The maximum atomic E-state index is 4.79. The summed E-state index contributed by atoms with van der Waals surface area (Å²) in [5, 5.41) is 0. The van der Waals surface area contributed by atoms with Gasteiger partial charge >= 0.3 is 0 Å². The largest absolute Gasteiger partial charge is 0.357 e. The van der Waals surface area contributed by atoms with Crippen molar-refractivity contribution in [3.63, 3.8) is 0 Å². The molecule has 0 bridgehead atoms. The van der Waals surface area contributed by atoms with Crippen molar-refractivity contribution in [1.82, 2.24) is 0 Å². The van der Waals surface area contributed by atoms with E-state index in [1.807, 2.05) is 0 Å². The highest BCUT2D eigenvalue weighted by Crippen LogP contribution is 2.03. The summed E-state index contributed by atoms with van der Waals surface area (Å²) in [4.78, 5) is 0. The van der Waals surface area contributed by atoms with Crippen LogP contribution in [0.1, 0.15) is 6.92 Å². The molecule has 3 heteroatoms. The van der Waals surface area contributed by atoms with Crippen LogP contribution in [0.4, 0.5) is 0 Å². The highest BCUT2D eigenvalue weighted by Gasteiger charge is 2.14. The lowest BCUT2D eigenvalue weighted by atomic mass is 10.6. The Morgan fingerprint density at radius 2 is 2.20 bits per heavy atom. The van der Waals surface area contributed by atoms with E-state index in [2.05, 4.69) is 28.8 Å². The van der Waals surface area contributed by atoms with Crippen LogP contribution in [0.3, 0.4) is 0 Å². The molecule has 0 radical (unpaired) electrons. The molecule has 3 nitrogen and oxygen atoms in total. The van der Waals surface area contributed by atoms with Gasteiger partial charge in [0.1, 0.15) is 12.2 Å². The predicted octanol–water partition coefficient (Wildman–Crippen LogP) is 0.275. The Labute approximate surface area is 59.3 Å². The van der Waals surface area contributed by atoms with E-state index in [1.165, 1.54) is 0 Å². The number of ether oxygens (including phenoxy) is 3. The molecule has 0 aromatic heterocycles. The molecule has 0 atom stereocenters. The Hall–Kier alpha value is -1.16. The van der Waals surface area contributed by atoms with Gasteiger partial charge in [-0.3, -0.25) is 0 Å². The minimum absolute atomic E-state index is 0.318. The Balaban J connectivity index is 2.15. The molecule has 0 aliphatic carbocycles. The molecule has 0 saturated carbocycles. The zero-order valence-electron chi connectivity index (χ0n) is 5.51. The molecule has 0 aromatic rings. The van der Waals surface area contributed by atoms with Crippen LogP contribution in [-0.2, 0) is 14.2 Å². The second-order valence-corrected chi connectivity index (χ2v) is 1.48. The first-order valence-electron chi connectivity index (χ1n) is 2.75. The normalized spacial score (nSPS) is 15.3. The molecule has 10 heavy (non-hydrogen) atoms. The van der Waals surface area contributed by atoms with Crippen LogP contribution >= 0.6 is 0 Å². The summed E-state index contributed by atoms with van der Waals surface area (Å²) in [6.45, 7) is 1.98. The molecule has 1 aliphatic rings. The molecule has 1 saturated heterocycles. The van der Waals surface area contributed by atoms with E-state index in [9.17, 15) is 0 Å². The van der Waals surface area contributed by atoms with Crippen LogP contribution in [0, 0.1) is 24.1 Å². The molecule has 0 aromatic carbocycles. The van der Waals surface area contributed by atoms with Gasteiger partial charge in [-0.25, -0.2) is 0 Å². The van der Waals surface area contributed by atoms with E-state index in [0.29, 0.717) is 6.79 Å². The minimum Gasteiger partial charge on any atom is -0.357 e. The fourth-order valence-electron chi connectivity index (χ4n) is 0.374. The van der Waals surface area contributed by atoms with Crippen molar-refractivity contribution >= 4 is 0 Å². The quantitative estimate of drug-likeness (QED) is 0.450. The van der Waals surface area contributed by atoms with Crippen molar-refractivity contribution in [2.75, 3.05) is 6.79 Å². The predicted molar refractivity (Wildman–Crippen MR) is 33.1 cm³/mol. The van der Waals surface area contributed by atoms with Crippen LogP contribution in [0.5, 0.6) is 0 Å². The van der Waals surface area contributed by atoms with Gasteiger partial charge in [0.05, 0.1) is 0 Å². The number of hydrogen-bond donors (Lipinski definition) is 0. The van der Waals surface area contributed by atoms with Gasteiger partial charge in [-0.1, -0.05) is 5.92 Å². The summed E-state index contributed by atoms with van der Waals surface area (Å²) in [6.07, 6.45) is 4.21. The fourth-order valence-corrected chi connectivity index (χ4v) is 0.374. The maximum Gasteiger partial charge on any atom is 0.229 e. The molecule has 0 spiro atoms. The lowest BCUT2D eigenvalue weighted by molar-refractivity contribution is -0.291. The third kappa shape index (κ3) is 1.99. The van der Waals surface area contributed by atoms with Gasteiger partial charge in [-0.05, 0) is 0 Å². The van der Waals surface area contributed by atoms with Crippen LogP contribution in [0.15, 0.2) is 0 Å². The molecule has 0 amide bonds. The molecular weight excluding hydrogens is 132 g/mol. The third-order valence-corrected chi connectivity index (χ3v) is 0.820. The number of rotatable bonds is 0. The fraction of sp³-hybridized carbons (Fsp3) is 0.429. The second kappa shape index (κ2) is 3.79. The molecule has 0 unspecified atom stereocenters. The smallest absolute Gasteiger partial charge is 0.229 e. The number of hydrogen-bond acceptors (Lipinski definition) is 3. The average Bonchev–Trinajstić information content (AvgIpc) is 1.84. The van der Waals surface area contributed by atoms with Gasteiger partial charge in [-0.2, -0.15) is 0 Å². The lowest BCUT2D eigenvalue weighted by Crippen LogP contribution is -2.28. The average molecular weight is 138 g/mol. The van der Waals surface area contributed by atoms with Gasteiger partial charge in [0.15, 0.2) is 6.79 Å². The highest BCUT2D eigenvalue weighted by molar-refractivity contribution is 5.00. The highest BCUT2D eigenvalue weighted by atomic mass is 16.8. The van der Waals surface area contributed by atoms with E-state index < -0.39 is 6.29 Å². The molecule has 1 aliphatic heterocycles. The minimum atomic E-state index is -0.418. The first kappa shape index (κ1) is 6.95. The Kier molecular flexibility index (Phi) is 2.63. The van der Waals surface area contributed by atoms with E-state index >= 15 is 0 Å². The van der Waals surface area contributed by atoms with E-state index in [1.54, 1.807) is 6.92 Å². The van der Waals surface area contributed by atoms with E-state index in [4.69, 9.17) is 9.47 Å². The zero-order valence-corrected chi connectivity index (χ0v) is 5.51. The first-order valence-corrected chi connectivity index (χ1v) is 2.75. The van der Waals surface area contributed by atoms with Crippen LogP contribution in [-0.4, -0.2) is 13.1 Å². The molecule has 0 N–H and O–H groups in total. The summed E-state index contributed by atoms with van der Waals surface area (Å²) in [5.41, 5.74) is 0. The summed E-state index contributed by atoms with van der Waals surface area (Å²) >= 11 is 0. The van der Waals surface area contributed by atoms with Gasteiger partial charge in [0, 0.05) is 12.8 Å². The van der Waals surface area contributed by atoms with Crippen LogP contribution in [0.2, 0.25) is 0 Å². The van der Waals surface area contributed by atoms with Gasteiger partial charge in [0.2, 0.25) is 6.29 Å². The van der Waals surface area contributed by atoms with E-state index in [0.717, 1.165) is 0 Å². The van der Waals surface area contributed by atoms with Gasteiger partial charge in [-0.15, -0.1) is 0 Å². The molecule has 1 fully saturated rings. The van der Waals surface area contributed by atoms with Crippen molar-refractivity contribution < 1.29 is 14.2 Å². The first-order chi connectivity index (χ1) is 4.93. The van der Waals surface area contributed by atoms with Crippen molar-refractivity contribution in [1.29, 1.82) is 0 Å². The maximum absolute atomic E-state index is 4.79. The monoisotopic (exact) mass is 138 g/mol. The van der Waals surface area contributed by atoms with Crippen molar-refractivity contribution in [2.45, 2.75) is 13.2 Å². The van der Waals surface area contributed by atoms with E-state index in [-0.39, 0.29) is 0 Å². The zero-order chi connectivity index (χ0) is 7.23. The standard InChI is InChI=1S/C7H6O3/c1-2-4-8-5-3-7-9-6-10-7/h7H,6H2,1H3. The summed E-state index contributed by atoms with van der Waals surface area (Å²) in [5.74, 6) is 5.06. The van der Waals surface area contributed by atoms with Crippen LogP contribution in [0.25, 0.3) is 0 Å². The summed E-state index contributed by atoms with van der Waals surface area (Å²) in [6, 6.07) is 0.